The number of amides is 3. The Labute approximate surface area is 101 Å². The van der Waals surface area contributed by atoms with Gasteiger partial charge in [0, 0.05) is 19.1 Å². The largest absolute Gasteiger partial charge is 0.351 e. The van der Waals surface area contributed by atoms with E-state index in [1.54, 1.807) is 0 Å². The molecule has 0 aliphatic carbocycles. The van der Waals surface area contributed by atoms with Crippen molar-refractivity contribution in [3.8, 4) is 0 Å². The summed E-state index contributed by atoms with van der Waals surface area (Å²) in [5.41, 5.74) is 4.95. The van der Waals surface area contributed by atoms with Gasteiger partial charge in [-0.3, -0.25) is 15.0 Å². The van der Waals surface area contributed by atoms with Crippen LogP contribution in [-0.4, -0.2) is 48.6 Å². The summed E-state index contributed by atoms with van der Waals surface area (Å²) in [6, 6.07) is -0.584. The quantitative estimate of drug-likeness (QED) is 0.593. The minimum Gasteiger partial charge on any atom is -0.351 e. The summed E-state index contributed by atoms with van der Waals surface area (Å²) in [7, 11) is 0. The summed E-state index contributed by atoms with van der Waals surface area (Å²) < 4.78 is 0. The van der Waals surface area contributed by atoms with E-state index >= 15 is 0 Å². The molecule has 2 aliphatic heterocycles. The Morgan fingerprint density at radius 1 is 1.47 bits per heavy atom. The number of nitrogens with two attached hydrogens (primary N) is 1. The highest BCUT2D eigenvalue weighted by atomic mass is 16.2. The van der Waals surface area contributed by atoms with Crippen LogP contribution in [-0.2, 0) is 4.79 Å². The number of nitrogens with zero attached hydrogens (tertiary/aromatic N) is 1. The van der Waals surface area contributed by atoms with Crippen molar-refractivity contribution in [2.75, 3.05) is 19.6 Å². The summed E-state index contributed by atoms with van der Waals surface area (Å²) in [4.78, 5) is 24.4. The fourth-order valence-corrected chi connectivity index (χ4v) is 2.79. The van der Waals surface area contributed by atoms with Crippen molar-refractivity contribution >= 4 is 11.9 Å². The van der Waals surface area contributed by atoms with Gasteiger partial charge < -0.3 is 11.1 Å². The molecule has 2 rings (SSSR count). The maximum Gasteiger partial charge on any atom is 0.318 e. The average Bonchev–Trinajstić information content (AvgIpc) is 2.70. The molecule has 2 fully saturated rings. The molecule has 0 spiro atoms. The highest BCUT2D eigenvalue weighted by Crippen LogP contribution is 2.26. The number of carbonyl (C=O) groups excluding carboxylic acids is 2. The number of nitrogens with one attached hydrogen (secondary N) is 2. The van der Waals surface area contributed by atoms with Crippen LogP contribution in [0, 0.1) is 5.92 Å². The van der Waals surface area contributed by atoms with Crippen LogP contribution in [0.1, 0.15) is 19.8 Å². The van der Waals surface area contributed by atoms with Crippen LogP contribution in [0.3, 0.4) is 0 Å². The Balaban J connectivity index is 1.90. The lowest BCUT2D eigenvalue weighted by Gasteiger charge is -2.24. The number of imide groups is 1. The van der Waals surface area contributed by atoms with Crippen molar-refractivity contribution in [1.29, 1.82) is 0 Å². The predicted octanol–water partition coefficient (Wildman–Crippen LogP) is -0.746. The van der Waals surface area contributed by atoms with Crippen LogP contribution >= 0.6 is 0 Å². The number of fused-ring (bicyclic) bond motifs is 1. The molecule has 0 aromatic heterocycles. The molecule has 2 aliphatic rings. The van der Waals surface area contributed by atoms with Crippen LogP contribution in [0.2, 0.25) is 0 Å². The van der Waals surface area contributed by atoms with Gasteiger partial charge in [-0.15, -0.1) is 0 Å². The standard InChI is InChI=1S/C11H20N4O2/c1-7(10(16)14-11(12)17)15-5-8-3-2-4-13-9(8)6-15/h7-9,13H,2-6H2,1H3,(H3,12,14,16,17)/t7?,8-,9+/m0/s1. The van der Waals surface area contributed by atoms with E-state index in [-0.39, 0.29) is 11.9 Å². The van der Waals surface area contributed by atoms with Gasteiger partial charge >= 0.3 is 6.03 Å². The van der Waals surface area contributed by atoms with Gasteiger partial charge in [0.25, 0.3) is 0 Å². The third-order valence-electron chi connectivity index (χ3n) is 3.80. The molecular formula is C11H20N4O2. The van der Waals surface area contributed by atoms with Gasteiger partial charge in [-0.2, -0.15) is 0 Å². The van der Waals surface area contributed by atoms with Gasteiger partial charge in [-0.05, 0) is 32.2 Å². The highest BCUT2D eigenvalue weighted by molar-refractivity contribution is 5.96. The number of likely N-dealkylation sites (tertiary alicyclic amines) is 1. The molecule has 1 unspecified atom stereocenters. The van der Waals surface area contributed by atoms with Crippen LogP contribution in [0.15, 0.2) is 0 Å². The molecular weight excluding hydrogens is 220 g/mol. The summed E-state index contributed by atoms with van der Waals surface area (Å²) in [5.74, 6) is 0.323. The van der Waals surface area contributed by atoms with E-state index < -0.39 is 6.03 Å². The monoisotopic (exact) mass is 240 g/mol. The summed E-state index contributed by atoms with van der Waals surface area (Å²) >= 11 is 0. The van der Waals surface area contributed by atoms with Crippen LogP contribution < -0.4 is 16.4 Å². The lowest BCUT2D eigenvalue weighted by Crippen LogP contribution is -2.48. The first-order valence-electron chi connectivity index (χ1n) is 6.15. The number of rotatable bonds is 2. The zero-order valence-corrected chi connectivity index (χ0v) is 10.1. The lowest BCUT2D eigenvalue weighted by molar-refractivity contribution is -0.124. The van der Waals surface area contributed by atoms with Gasteiger partial charge in [0.1, 0.15) is 0 Å². The lowest BCUT2D eigenvalue weighted by atomic mass is 9.94. The number of urea groups is 1. The minimum absolute atomic E-state index is 0.296. The smallest absolute Gasteiger partial charge is 0.318 e. The number of carbonyl (C=O) groups is 2. The maximum absolute atomic E-state index is 11.7. The fraction of sp³-hybridized carbons (Fsp3) is 0.818. The SMILES string of the molecule is CC(C(=O)NC(N)=O)N1C[C@@H]2CCCN[C@@H]2C1. The number of piperidine rings is 1. The molecule has 0 aromatic rings. The van der Waals surface area contributed by atoms with Gasteiger partial charge in [-0.1, -0.05) is 0 Å². The van der Waals surface area contributed by atoms with E-state index in [1.165, 1.54) is 12.8 Å². The Morgan fingerprint density at radius 2 is 2.24 bits per heavy atom. The maximum atomic E-state index is 11.7. The van der Waals surface area contributed by atoms with Crippen molar-refractivity contribution in [3.05, 3.63) is 0 Å². The normalized spacial score (nSPS) is 30.6. The van der Waals surface area contributed by atoms with Gasteiger partial charge in [-0.25, -0.2) is 4.79 Å². The van der Waals surface area contributed by atoms with E-state index in [1.807, 2.05) is 6.92 Å². The molecule has 2 heterocycles. The van der Waals surface area contributed by atoms with Crippen LogP contribution in [0.5, 0.6) is 0 Å². The van der Waals surface area contributed by atoms with Crippen molar-refractivity contribution in [2.45, 2.75) is 31.8 Å². The topological polar surface area (TPSA) is 87.5 Å². The molecule has 0 radical (unpaired) electrons. The van der Waals surface area contributed by atoms with E-state index in [9.17, 15) is 9.59 Å². The van der Waals surface area contributed by atoms with Gasteiger partial charge in [0.15, 0.2) is 0 Å². The second kappa shape index (κ2) is 5.01. The van der Waals surface area contributed by atoms with Crippen LogP contribution in [0.4, 0.5) is 4.79 Å². The number of hydrogen-bond acceptors (Lipinski definition) is 4. The van der Waals surface area contributed by atoms with Gasteiger partial charge in [0.05, 0.1) is 6.04 Å². The Morgan fingerprint density at radius 3 is 2.88 bits per heavy atom. The first-order chi connectivity index (χ1) is 8.08. The van der Waals surface area contributed by atoms with Crippen molar-refractivity contribution in [1.82, 2.24) is 15.5 Å². The second-order valence-corrected chi connectivity index (χ2v) is 4.95. The molecule has 0 bridgehead atoms. The van der Waals surface area contributed by atoms with E-state index in [2.05, 4.69) is 15.5 Å². The molecule has 0 aromatic carbocycles. The Kier molecular flexibility index (Phi) is 3.63. The fourth-order valence-electron chi connectivity index (χ4n) is 2.79. The summed E-state index contributed by atoms with van der Waals surface area (Å²) in [6.07, 6.45) is 2.43. The van der Waals surface area contributed by atoms with Crippen molar-refractivity contribution in [3.63, 3.8) is 0 Å². The van der Waals surface area contributed by atoms with Crippen LogP contribution in [0.25, 0.3) is 0 Å². The Bertz CT molecular complexity index is 307. The third kappa shape index (κ3) is 2.76. The molecule has 6 nitrogen and oxygen atoms in total. The summed E-state index contributed by atoms with van der Waals surface area (Å²) in [6.45, 7) is 4.68. The predicted molar refractivity (Wildman–Crippen MR) is 63.3 cm³/mol. The molecule has 17 heavy (non-hydrogen) atoms. The Hall–Kier alpha value is -1.14. The molecule has 2 saturated heterocycles. The first-order valence-corrected chi connectivity index (χ1v) is 6.15. The molecule has 6 heteroatoms. The minimum atomic E-state index is -0.781. The van der Waals surface area contributed by atoms with E-state index in [4.69, 9.17) is 5.73 Å². The van der Waals surface area contributed by atoms with E-state index in [0.29, 0.717) is 12.0 Å². The number of hydrogen-bond donors (Lipinski definition) is 3. The number of primary amides is 1. The van der Waals surface area contributed by atoms with E-state index in [0.717, 1.165) is 19.6 Å². The van der Waals surface area contributed by atoms with Crippen molar-refractivity contribution < 1.29 is 9.59 Å². The van der Waals surface area contributed by atoms with Crippen molar-refractivity contribution in [2.24, 2.45) is 11.7 Å². The molecule has 3 amide bonds. The molecule has 4 N–H and O–H groups in total. The average molecular weight is 240 g/mol. The molecule has 0 saturated carbocycles. The molecule has 3 atom stereocenters. The first kappa shape index (κ1) is 12.3. The van der Waals surface area contributed by atoms with Gasteiger partial charge in [0.2, 0.25) is 5.91 Å². The highest BCUT2D eigenvalue weighted by Gasteiger charge is 2.37. The zero-order chi connectivity index (χ0) is 12.4. The zero-order valence-electron chi connectivity index (χ0n) is 10.1. The summed E-state index contributed by atoms with van der Waals surface area (Å²) in [5, 5.41) is 5.62. The molecule has 96 valence electrons. The second-order valence-electron chi connectivity index (χ2n) is 4.95. The third-order valence-corrected chi connectivity index (χ3v) is 3.80.